The van der Waals surface area contributed by atoms with Gasteiger partial charge < -0.3 is 23.7 Å². The Balaban J connectivity index is 2.01. The van der Waals surface area contributed by atoms with Crippen molar-refractivity contribution in [3.63, 3.8) is 0 Å². The van der Waals surface area contributed by atoms with Gasteiger partial charge in [-0.2, -0.15) is 5.26 Å². The SMILES string of the molecule is CC(=O)OC[C@H]1O[C@@H](n2c(-c3cccs3)cc(-c3cccs3)c(C#N)c2=O)[C@H](OC(C)=O)[C@@H](OC(C)=O)[C@H]1OC(C)=O. The molecule has 42 heavy (non-hydrogen) atoms. The molecule has 0 aromatic carbocycles. The summed E-state index contributed by atoms with van der Waals surface area (Å²) in [5.74, 6) is -3.08. The van der Waals surface area contributed by atoms with Gasteiger partial charge in [0, 0.05) is 38.1 Å². The largest absolute Gasteiger partial charge is 0.463 e. The zero-order chi connectivity index (χ0) is 30.6. The predicted molar refractivity (Wildman–Crippen MR) is 149 cm³/mol. The van der Waals surface area contributed by atoms with Gasteiger partial charge in [0.15, 0.2) is 24.5 Å². The van der Waals surface area contributed by atoms with Gasteiger partial charge in [-0.15, -0.1) is 22.7 Å². The minimum absolute atomic E-state index is 0.203. The number of hydrogen-bond donors (Lipinski definition) is 0. The first kappa shape index (κ1) is 30.6. The zero-order valence-electron chi connectivity index (χ0n) is 22.9. The molecule has 1 aliphatic rings. The molecule has 12 nitrogen and oxygen atoms in total. The Morgan fingerprint density at radius 3 is 1.98 bits per heavy atom. The Hall–Kier alpha value is -4.32. The number of thiophene rings is 2. The van der Waals surface area contributed by atoms with Crippen molar-refractivity contribution in [2.24, 2.45) is 0 Å². The van der Waals surface area contributed by atoms with Crippen molar-refractivity contribution in [2.75, 3.05) is 6.61 Å². The molecule has 5 atom stereocenters. The fourth-order valence-corrected chi connectivity index (χ4v) is 6.13. The number of nitriles is 1. The summed E-state index contributed by atoms with van der Waals surface area (Å²) in [4.78, 5) is 63.8. The molecule has 0 radical (unpaired) electrons. The van der Waals surface area contributed by atoms with Crippen LogP contribution in [0.15, 0.2) is 45.9 Å². The highest BCUT2D eigenvalue weighted by atomic mass is 32.1. The molecule has 14 heteroatoms. The smallest absolute Gasteiger partial charge is 0.303 e. The molecular formula is C28H26N2O10S2. The summed E-state index contributed by atoms with van der Waals surface area (Å²) in [5, 5.41) is 13.7. The van der Waals surface area contributed by atoms with Crippen LogP contribution in [0.5, 0.6) is 0 Å². The van der Waals surface area contributed by atoms with Crippen molar-refractivity contribution in [2.45, 2.75) is 58.3 Å². The Morgan fingerprint density at radius 2 is 1.45 bits per heavy atom. The highest BCUT2D eigenvalue weighted by molar-refractivity contribution is 7.14. The van der Waals surface area contributed by atoms with Crippen molar-refractivity contribution in [1.29, 1.82) is 5.26 Å². The summed E-state index contributed by atoms with van der Waals surface area (Å²) in [6.07, 6.45) is -7.20. The molecule has 1 fully saturated rings. The summed E-state index contributed by atoms with van der Waals surface area (Å²) >= 11 is 2.65. The topological polar surface area (TPSA) is 160 Å². The van der Waals surface area contributed by atoms with Crippen LogP contribution >= 0.6 is 22.7 Å². The molecule has 0 saturated carbocycles. The summed E-state index contributed by atoms with van der Waals surface area (Å²) in [6.45, 7) is 4.03. The van der Waals surface area contributed by atoms with Crippen LogP contribution in [0.1, 0.15) is 39.5 Å². The fourth-order valence-electron chi connectivity index (χ4n) is 4.64. The van der Waals surface area contributed by atoms with Crippen LogP contribution in [0, 0.1) is 11.3 Å². The first-order valence-electron chi connectivity index (χ1n) is 12.6. The molecule has 0 unspecified atom stereocenters. The van der Waals surface area contributed by atoms with E-state index in [1.165, 1.54) is 22.7 Å². The van der Waals surface area contributed by atoms with Crippen molar-refractivity contribution < 1.29 is 42.9 Å². The van der Waals surface area contributed by atoms with Crippen molar-refractivity contribution in [1.82, 2.24) is 4.57 Å². The molecule has 4 rings (SSSR count). The van der Waals surface area contributed by atoms with Crippen LogP contribution in [0.3, 0.4) is 0 Å². The molecule has 4 heterocycles. The summed E-state index contributed by atoms with van der Waals surface area (Å²) < 4.78 is 29.1. The van der Waals surface area contributed by atoms with Gasteiger partial charge in [-0.25, -0.2) is 0 Å². The third-order valence-corrected chi connectivity index (χ3v) is 7.93. The van der Waals surface area contributed by atoms with Crippen LogP contribution < -0.4 is 5.56 Å². The van der Waals surface area contributed by atoms with E-state index in [2.05, 4.69) is 0 Å². The summed E-state index contributed by atoms with van der Waals surface area (Å²) in [5.41, 5.74) is -0.264. The van der Waals surface area contributed by atoms with E-state index in [4.69, 9.17) is 23.7 Å². The number of hydrogen-bond acceptors (Lipinski definition) is 13. The third-order valence-electron chi connectivity index (χ3n) is 6.14. The molecule has 1 aliphatic heterocycles. The number of aromatic nitrogens is 1. The van der Waals surface area contributed by atoms with Gasteiger partial charge in [0.2, 0.25) is 0 Å². The molecule has 3 aromatic heterocycles. The average Bonchev–Trinajstić information content (AvgIpc) is 3.64. The number of esters is 4. The number of pyridine rings is 1. The minimum atomic E-state index is -1.53. The summed E-state index contributed by atoms with van der Waals surface area (Å²) in [6, 6.07) is 10.7. The van der Waals surface area contributed by atoms with E-state index in [9.17, 15) is 29.2 Å². The molecular weight excluding hydrogens is 588 g/mol. The Morgan fingerprint density at radius 1 is 0.881 bits per heavy atom. The van der Waals surface area contributed by atoms with E-state index in [1.54, 1.807) is 35.7 Å². The molecule has 220 valence electrons. The quantitative estimate of drug-likeness (QED) is 0.270. The number of nitrogens with zero attached hydrogens (tertiary/aromatic N) is 2. The van der Waals surface area contributed by atoms with Gasteiger partial charge >= 0.3 is 23.9 Å². The lowest BCUT2D eigenvalue weighted by molar-refractivity contribution is -0.268. The maximum absolute atomic E-state index is 14.2. The number of rotatable bonds is 8. The monoisotopic (exact) mass is 614 g/mol. The molecule has 0 amide bonds. The van der Waals surface area contributed by atoms with E-state index in [0.29, 0.717) is 21.0 Å². The molecule has 0 spiro atoms. The first-order chi connectivity index (χ1) is 20.0. The minimum Gasteiger partial charge on any atom is -0.463 e. The van der Waals surface area contributed by atoms with E-state index >= 15 is 0 Å². The molecule has 0 bridgehead atoms. The van der Waals surface area contributed by atoms with Gasteiger partial charge in [-0.1, -0.05) is 12.1 Å². The van der Waals surface area contributed by atoms with Crippen LogP contribution in [0.4, 0.5) is 0 Å². The maximum Gasteiger partial charge on any atom is 0.303 e. The second-order valence-corrected chi connectivity index (χ2v) is 11.0. The van der Waals surface area contributed by atoms with Gasteiger partial charge in [0.1, 0.15) is 24.3 Å². The zero-order valence-corrected chi connectivity index (χ0v) is 24.6. The Kier molecular flexibility index (Phi) is 9.56. The highest BCUT2D eigenvalue weighted by Gasteiger charge is 2.53. The second kappa shape index (κ2) is 13.1. The van der Waals surface area contributed by atoms with Crippen molar-refractivity contribution in [3.8, 4) is 27.1 Å². The maximum atomic E-state index is 14.2. The van der Waals surface area contributed by atoms with E-state index < -0.39 is 66.7 Å². The Bertz CT molecular complexity index is 1570. The van der Waals surface area contributed by atoms with E-state index in [1.807, 2.05) is 11.4 Å². The first-order valence-corrected chi connectivity index (χ1v) is 14.4. The predicted octanol–water partition coefficient (Wildman–Crippen LogP) is 3.43. The van der Waals surface area contributed by atoms with Crippen LogP contribution in [-0.4, -0.2) is 59.5 Å². The van der Waals surface area contributed by atoms with Gasteiger partial charge in [0.25, 0.3) is 5.56 Å². The molecule has 0 N–H and O–H groups in total. The van der Waals surface area contributed by atoms with Crippen LogP contribution in [0.25, 0.3) is 21.0 Å². The van der Waals surface area contributed by atoms with Gasteiger partial charge in [-0.3, -0.25) is 28.5 Å². The normalized spacial score (nSPS) is 21.5. The highest BCUT2D eigenvalue weighted by Crippen LogP contribution is 2.39. The Labute approximate surface area is 247 Å². The van der Waals surface area contributed by atoms with Gasteiger partial charge in [-0.05, 0) is 29.0 Å². The standard InChI is InChI=1S/C28H26N2O10S2/c1-14(31)36-13-21-24(37-15(2)32)25(38-16(3)33)26(39-17(4)34)28(40-21)30-20(23-8-6-10-42-23)11-18(19(12-29)27(30)35)22-7-5-9-41-22/h5-11,21,24-26,28H,13H2,1-4H3/t21-,24+,25+,26-,28-/m1/s1. The third kappa shape index (κ3) is 6.59. The second-order valence-electron chi connectivity index (χ2n) is 9.15. The lowest BCUT2D eigenvalue weighted by Crippen LogP contribution is -2.61. The molecule has 0 aliphatic carbocycles. The molecule has 1 saturated heterocycles. The van der Waals surface area contributed by atoms with Crippen molar-refractivity contribution in [3.05, 3.63) is 57.0 Å². The average molecular weight is 615 g/mol. The van der Waals surface area contributed by atoms with E-state index in [-0.39, 0.29) is 5.56 Å². The van der Waals surface area contributed by atoms with Crippen LogP contribution in [0.2, 0.25) is 0 Å². The number of ether oxygens (including phenoxy) is 5. The summed E-state index contributed by atoms with van der Waals surface area (Å²) in [7, 11) is 0. The van der Waals surface area contributed by atoms with Gasteiger partial charge in [0.05, 0.1) is 10.6 Å². The molecule has 3 aromatic rings. The number of carbonyl (C=O) groups excluding carboxylic acids is 4. The lowest BCUT2D eigenvalue weighted by atomic mass is 9.96. The van der Waals surface area contributed by atoms with E-state index in [0.717, 1.165) is 32.3 Å². The lowest BCUT2D eigenvalue weighted by Gasteiger charge is -2.45. The van der Waals surface area contributed by atoms with Crippen LogP contribution in [-0.2, 0) is 42.9 Å². The van der Waals surface area contributed by atoms with Crippen molar-refractivity contribution >= 4 is 46.6 Å². The fraction of sp³-hybridized carbons (Fsp3) is 0.357. The number of carbonyl (C=O) groups is 4.